The van der Waals surface area contributed by atoms with Gasteiger partial charge in [-0.25, -0.2) is 0 Å². The fraction of sp³-hybridized carbons (Fsp3) is 0.407. The largest absolute Gasteiger partial charge is 0.404 e. The number of hydrogen-bond acceptors (Lipinski definition) is 1. The maximum atomic E-state index is 6.94. The molecule has 0 bridgehead atoms. The molecular formula is C27H38OSi. The summed E-state index contributed by atoms with van der Waals surface area (Å²) in [5.41, 5.74) is 2.66. The van der Waals surface area contributed by atoms with Crippen LogP contribution in [0, 0.1) is 5.92 Å². The molecule has 0 amide bonds. The Labute approximate surface area is 179 Å². The van der Waals surface area contributed by atoms with E-state index in [0.29, 0.717) is 12.5 Å². The van der Waals surface area contributed by atoms with Crippen molar-refractivity contribution in [2.75, 3.05) is 6.61 Å². The summed E-state index contributed by atoms with van der Waals surface area (Å²) in [7, 11) is -2.44. The van der Waals surface area contributed by atoms with Crippen molar-refractivity contribution in [2.24, 2.45) is 5.92 Å². The lowest BCUT2D eigenvalue weighted by Gasteiger charge is -2.42. The molecule has 0 N–H and O–H groups in total. The van der Waals surface area contributed by atoms with E-state index >= 15 is 0 Å². The molecule has 0 aromatic heterocycles. The van der Waals surface area contributed by atoms with Gasteiger partial charge in [-0.1, -0.05) is 112 Å². The second-order valence-corrected chi connectivity index (χ2v) is 13.6. The molecule has 0 fully saturated rings. The van der Waals surface area contributed by atoms with Crippen LogP contribution in [0.4, 0.5) is 0 Å². The van der Waals surface area contributed by atoms with Gasteiger partial charge in [0.2, 0.25) is 0 Å². The van der Waals surface area contributed by atoms with Gasteiger partial charge in [-0.05, 0) is 48.0 Å². The summed E-state index contributed by atoms with van der Waals surface area (Å²) in [6.07, 6.45) is 4.53. The number of hydrogen-bond donors (Lipinski definition) is 0. The minimum Gasteiger partial charge on any atom is -0.404 e. The molecule has 0 aliphatic heterocycles. The van der Waals surface area contributed by atoms with Crippen molar-refractivity contribution in [1.82, 2.24) is 0 Å². The van der Waals surface area contributed by atoms with Crippen molar-refractivity contribution >= 4 is 18.7 Å². The van der Waals surface area contributed by atoms with Crippen molar-refractivity contribution in [3.63, 3.8) is 0 Å². The Morgan fingerprint density at radius 3 is 1.86 bits per heavy atom. The molecule has 1 unspecified atom stereocenters. The van der Waals surface area contributed by atoms with E-state index in [4.69, 9.17) is 4.43 Å². The fourth-order valence-corrected chi connectivity index (χ4v) is 8.35. The standard InChI is InChI=1S/C27H38OSi/c1-22(2)24(4)19-18-23(3)20-21-28-29(27(5,6)7,25-14-10-8-11-15-25)26-16-12-9-13-17-26/h8-17,20,24H,1,18-19,21H2,2-7H3/b23-20+. The lowest BCUT2D eigenvalue weighted by atomic mass is 9.96. The average molecular weight is 407 g/mol. The number of rotatable bonds is 9. The lowest BCUT2D eigenvalue weighted by molar-refractivity contribution is 0.338. The van der Waals surface area contributed by atoms with E-state index in [1.54, 1.807) is 0 Å². The molecule has 0 saturated heterocycles. The first-order valence-electron chi connectivity index (χ1n) is 10.7. The summed E-state index contributed by atoms with van der Waals surface area (Å²) in [6, 6.07) is 21.7. The molecule has 2 heteroatoms. The molecule has 0 heterocycles. The van der Waals surface area contributed by atoms with E-state index in [0.717, 1.165) is 12.8 Å². The molecule has 0 saturated carbocycles. The SMILES string of the molecule is C=C(C)C(C)CC/C(C)=C/CO[Si](c1ccccc1)(c1ccccc1)C(C)(C)C. The second kappa shape index (κ2) is 10.2. The van der Waals surface area contributed by atoms with Crippen LogP contribution in [0.2, 0.25) is 5.04 Å². The fourth-order valence-electron chi connectivity index (χ4n) is 3.86. The zero-order valence-corrected chi connectivity index (χ0v) is 20.2. The van der Waals surface area contributed by atoms with E-state index in [2.05, 4.69) is 115 Å². The highest BCUT2D eigenvalue weighted by atomic mass is 28.4. The highest BCUT2D eigenvalue weighted by molar-refractivity contribution is 6.99. The smallest absolute Gasteiger partial charge is 0.261 e. The highest BCUT2D eigenvalue weighted by Crippen LogP contribution is 2.36. The Bertz CT molecular complexity index is 760. The quantitative estimate of drug-likeness (QED) is 0.341. The van der Waals surface area contributed by atoms with E-state index in [-0.39, 0.29) is 5.04 Å². The van der Waals surface area contributed by atoms with Crippen LogP contribution in [-0.2, 0) is 4.43 Å². The predicted molar refractivity (Wildman–Crippen MR) is 131 cm³/mol. The monoisotopic (exact) mass is 406 g/mol. The molecule has 0 radical (unpaired) electrons. The first kappa shape index (κ1) is 23.4. The molecule has 2 rings (SSSR count). The summed E-state index contributed by atoms with van der Waals surface area (Å²) in [5, 5.41) is 2.69. The van der Waals surface area contributed by atoms with Crippen molar-refractivity contribution < 1.29 is 4.43 Å². The van der Waals surface area contributed by atoms with Crippen LogP contribution < -0.4 is 10.4 Å². The normalized spacial score (nSPS) is 13.9. The minimum atomic E-state index is -2.44. The Morgan fingerprint density at radius 2 is 1.45 bits per heavy atom. The van der Waals surface area contributed by atoms with Crippen LogP contribution >= 0.6 is 0 Å². The predicted octanol–water partition coefficient (Wildman–Crippen LogP) is 6.50. The molecule has 29 heavy (non-hydrogen) atoms. The van der Waals surface area contributed by atoms with Crippen molar-refractivity contribution in [3.05, 3.63) is 84.5 Å². The summed E-state index contributed by atoms with van der Waals surface area (Å²) in [5.74, 6) is 0.566. The zero-order chi connectivity index (χ0) is 21.5. The van der Waals surface area contributed by atoms with Crippen LogP contribution in [0.1, 0.15) is 54.4 Å². The first-order valence-corrected chi connectivity index (χ1v) is 12.7. The van der Waals surface area contributed by atoms with Crippen molar-refractivity contribution in [1.29, 1.82) is 0 Å². The Hall–Kier alpha value is -1.90. The molecule has 156 valence electrons. The molecule has 2 aromatic carbocycles. The van der Waals surface area contributed by atoms with Gasteiger partial charge < -0.3 is 4.43 Å². The van der Waals surface area contributed by atoms with Gasteiger partial charge in [0.15, 0.2) is 0 Å². The first-order chi connectivity index (χ1) is 13.7. The molecule has 2 aromatic rings. The van der Waals surface area contributed by atoms with Gasteiger partial charge in [0.25, 0.3) is 8.32 Å². The topological polar surface area (TPSA) is 9.23 Å². The van der Waals surface area contributed by atoms with Gasteiger partial charge in [-0.3, -0.25) is 0 Å². The molecule has 1 nitrogen and oxygen atoms in total. The van der Waals surface area contributed by atoms with E-state index in [9.17, 15) is 0 Å². The van der Waals surface area contributed by atoms with Crippen molar-refractivity contribution in [2.45, 2.75) is 59.4 Å². The maximum absolute atomic E-state index is 6.94. The Morgan fingerprint density at radius 1 is 0.966 bits per heavy atom. The van der Waals surface area contributed by atoms with E-state index in [1.165, 1.54) is 21.5 Å². The van der Waals surface area contributed by atoms with Crippen LogP contribution in [-0.4, -0.2) is 14.9 Å². The van der Waals surface area contributed by atoms with Gasteiger partial charge in [-0.15, -0.1) is 0 Å². The molecule has 0 aliphatic rings. The van der Waals surface area contributed by atoms with Crippen LogP contribution in [0.5, 0.6) is 0 Å². The zero-order valence-electron chi connectivity index (χ0n) is 19.2. The third-order valence-corrected chi connectivity index (χ3v) is 11.0. The van der Waals surface area contributed by atoms with Gasteiger partial charge in [0, 0.05) is 0 Å². The minimum absolute atomic E-state index is 0.0198. The molecular weight excluding hydrogens is 368 g/mol. The molecule has 0 spiro atoms. The van der Waals surface area contributed by atoms with Crippen LogP contribution in [0.25, 0.3) is 0 Å². The summed E-state index contributed by atoms with van der Waals surface area (Å²) in [6.45, 7) is 18.3. The van der Waals surface area contributed by atoms with Crippen molar-refractivity contribution in [3.8, 4) is 0 Å². The number of allylic oxidation sites excluding steroid dienone is 2. The van der Waals surface area contributed by atoms with E-state index in [1.807, 2.05) is 0 Å². The summed E-state index contributed by atoms with van der Waals surface area (Å²) >= 11 is 0. The second-order valence-electron chi connectivity index (χ2n) is 9.31. The molecule has 0 aliphatic carbocycles. The number of benzene rings is 2. The van der Waals surface area contributed by atoms with Crippen LogP contribution in [0.15, 0.2) is 84.5 Å². The van der Waals surface area contributed by atoms with E-state index < -0.39 is 8.32 Å². The third kappa shape index (κ3) is 5.80. The maximum Gasteiger partial charge on any atom is 0.261 e. The third-order valence-electron chi connectivity index (χ3n) is 5.96. The van der Waals surface area contributed by atoms with Gasteiger partial charge >= 0.3 is 0 Å². The Balaban J connectivity index is 2.32. The lowest BCUT2D eigenvalue weighted by Crippen LogP contribution is -2.66. The summed E-state index contributed by atoms with van der Waals surface area (Å²) in [4.78, 5) is 0. The van der Waals surface area contributed by atoms with Gasteiger partial charge in [0.05, 0.1) is 6.61 Å². The molecule has 1 atom stereocenters. The highest BCUT2D eigenvalue weighted by Gasteiger charge is 2.49. The van der Waals surface area contributed by atoms with Gasteiger partial charge in [0.1, 0.15) is 0 Å². The van der Waals surface area contributed by atoms with Crippen LogP contribution in [0.3, 0.4) is 0 Å². The van der Waals surface area contributed by atoms with Gasteiger partial charge in [-0.2, -0.15) is 0 Å². The summed E-state index contributed by atoms with van der Waals surface area (Å²) < 4.78 is 6.94. The Kier molecular flexibility index (Phi) is 8.24. The average Bonchev–Trinajstić information content (AvgIpc) is 2.69.